The van der Waals surface area contributed by atoms with Crippen molar-refractivity contribution in [2.24, 2.45) is 0 Å². The molecule has 3 aromatic rings. The maximum Gasteiger partial charge on any atom is 0.323 e. The summed E-state index contributed by atoms with van der Waals surface area (Å²) in [5.41, 5.74) is -0.177. The van der Waals surface area contributed by atoms with Crippen LogP contribution in [0.1, 0.15) is 0 Å². The normalized spacial score (nSPS) is 17.2. The third kappa shape index (κ3) is 5.25. The van der Waals surface area contributed by atoms with Crippen LogP contribution in [0.5, 0.6) is 5.75 Å². The summed E-state index contributed by atoms with van der Waals surface area (Å²) in [5.74, 6) is -4.04. The third-order valence-corrected chi connectivity index (χ3v) is 7.66. The maximum absolute atomic E-state index is 13.7. The number of hydrogen-bond acceptors (Lipinski definition) is 9. The number of amides is 1. The number of benzene rings is 2. The van der Waals surface area contributed by atoms with Gasteiger partial charge >= 0.3 is 17.9 Å². The van der Waals surface area contributed by atoms with Gasteiger partial charge in [0.1, 0.15) is 30.0 Å². The van der Waals surface area contributed by atoms with E-state index in [0.29, 0.717) is 17.1 Å². The van der Waals surface area contributed by atoms with Gasteiger partial charge in [-0.1, -0.05) is 30.3 Å². The van der Waals surface area contributed by atoms with Crippen molar-refractivity contribution < 1.29 is 39.2 Å². The first-order valence-electron chi connectivity index (χ1n) is 12.1. The molecular weight excluding hydrogens is 588 g/mol. The van der Waals surface area contributed by atoms with Crippen LogP contribution in [-0.4, -0.2) is 66.8 Å². The van der Waals surface area contributed by atoms with Gasteiger partial charge in [-0.2, -0.15) is 0 Å². The zero-order valence-corrected chi connectivity index (χ0v) is 23.0. The molecule has 0 aliphatic carbocycles. The molecule has 1 amide bonds. The number of ether oxygens (including phenoxy) is 1. The summed E-state index contributed by atoms with van der Waals surface area (Å²) >= 11 is 6.21. The highest BCUT2D eigenvalue weighted by Gasteiger charge is 2.41. The van der Waals surface area contributed by atoms with Crippen LogP contribution in [0.15, 0.2) is 71.4 Å². The first kappa shape index (κ1) is 28.3. The molecule has 13 nitrogen and oxygen atoms in total. The second-order valence-corrected chi connectivity index (χ2v) is 10.3. The van der Waals surface area contributed by atoms with Gasteiger partial charge in [0, 0.05) is 6.08 Å². The van der Waals surface area contributed by atoms with Gasteiger partial charge in [-0.25, -0.2) is 0 Å². The molecule has 3 N–H and O–H groups in total. The molecule has 0 bridgehead atoms. The van der Waals surface area contributed by atoms with Crippen molar-refractivity contribution in [3.05, 3.63) is 86.1 Å². The molecule has 0 spiro atoms. The minimum absolute atomic E-state index is 0.0202. The van der Waals surface area contributed by atoms with Crippen molar-refractivity contribution in [2.45, 2.75) is 6.54 Å². The molecule has 5 rings (SSSR count). The number of para-hydroxylation sites is 3. The van der Waals surface area contributed by atoms with Gasteiger partial charge in [0.05, 0.1) is 15.9 Å². The predicted molar refractivity (Wildman–Crippen MR) is 154 cm³/mol. The fraction of sp³-hybridized carbons (Fsp3) is 0.111. The fourth-order valence-corrected chi connectivity index (χ4v) is 5.87. The third-order valence-electron chi connectivity index (χ3n) is 6.12. The van der Waals surface area contributed by atoms with Crippen molar-refractivity contribution in [3.8, 4) is 5.75 Å². The molecule has 2 aliphatic rings. The molecule has 0 unspecified atom stereocenters. The summed E-state index contributed by atoms with van der Waals surface area (Å²) in [5, 5.41) is 28.4. The molecule has 1 saturated heterocycles. The highest BCUT2D eigenvalue weighted by Crippen LogP contribution is 2.38. The van der Waals surface area contributed by atoms with E-state index in [-0.39, 0.29) is 25.9 Å². The lowest BCUT2D eigenvalue weighted by molar-refractivity contribution is -0.138. The van der Waals surface area contributed by atoms with E-state index in [1.165, 1.54) is 17.1 Å². The van der Waals surface area contributed by atoms with Crippen molar-refractivity contribution in [2.75, 3.05) is 22.9 Å². The molecular formula is C27H20N4O9S2. The number of anilines is 2. The molecule has 0 atom stereocenters. The second-order valence-electron chi connectivity index (χ2n) is 8.86. The number of carboxylic acid groups (broad SMARTS) is 3. The fourth-order valence-electron chi connectivity index (χ4n) is 4.43. The number of aliphatic carboxylic acids is 3. The van der Waals surface area contributed by atoms with E-state index >= 15 is 0 Å². The lowest BCUT2D eigenvalue weighted by Crippen LogP contribution is -2.38. The van der Waals surface area contributed by atoms with Crippen molar-refractivity contribution in [1.29, 1.82) is 0 Å². The van der Waals surface area contributed by atoms with Crippen LogP contribution in [0.4, 0.5) is 11.4 Å². The van der Waals surface area contributed by atoms with Crippen LogP contribution in [0.2, 0.25) is 0 Å². The first-order valence-corrected chi connectivity index (χ1v) is 13.4. The van der Waals surface area contributed by atoms with E-state index in [9.17, 15) is 39.3 Å². The molecule has 0 saturated carbocycles. The Morgan fingerprint density at radius 3 is 2.12 bits per heavy atom. The number of carbonyl (C=O) groups is 4. The Labute approximate surface area is 245 Å². The molecule has 2 aliphatic heterocycles. The quantitative estimate of drug-likeness (QED) is 0.302. The van der Waals surface area contributed by atoms with Gasteiger partial charge in [-0.3, -0.25) is 43.2 Å². The lowest BCUT2D eigenvalue weighted by Gasteiger charge is -2.18. The van der Waals surface area contributed by atoms with Crippen LogP contribution in [0.25, 0.3) is 11.8 Å². The Morgan fingerprint density at radius 1 is 0.833 bits per heavy atom. The minimum Gasteiger partial charge on any atom is -0.480 e. The largest absolute Gasteiger partial charge is 0.480 e. The van der Waals surface area contributed by atoms with Crippen LogP contribution >= 0.6 is 23.6 Å². The highest BCUT2D eigenvalue weighted by atomic mass is 32.1. The summed E-state index contributed by atoms with van der Waals surface area (Å²) in [7, 11) is 0. The van der Waals surface area contributed by atoms with Crippen molar-refractivity contribution in [3.63, 3.8) is 0 Å². The highest BCUT2D eigenvalue weighted by molar-refractivity contribution is 7.80. The topological polar surface area (TPSA) is 170 Å². The van der Waals surface area contributed by atoms with Crippen LogP contribution in [0.3, 0.4) is 0 Å². The molecule has 42 heavy (non-hydrogen) atoms. The molecule has 0 radical (unpaired) electrons. The summed E-state index contributed by atoms with van der Waals surface area (Å²) in [4.78, 5) is 65.6. The monoisotopic (exact) mass is 608 g/mol. The van der Waals surface area contributed by atoms with Gasteiger partial charge in [0.25, 0.3) is 11.5 Å². The molecule has 1 aromatic heterocycles. The summed E-state index contributed by atoms with van der Waals surface area (Å²) in [6, 6.07) is 15.0. The Bertz CT molecular complexity index is 1860. The van der Waals surface area contributed by atoms with Crippen LogP contribution < -0.4 is 29.3 Å². The molecule has 214 valence electrons. The zero-order chi connectivity index (χ0) is 30.1. The number of nitrogens with zero attached hydrogens (tertiary/aromatic N) is 4. The van der Waals surface area contributed by atoms with E-state index in [1.54, 1.807) is 54.6 Å². The summed E-state index contributed by atoms with van der Waals surface area (Å²) in [6.45, 7) is -1.97. The van der Waals surface area contributed by atoms with Gasteiger partial charge in [-0.15, -0.1) is 11.3 Å². The van der Waals surface area contributed by atoms with E-state index in [1.807, 2.05) is 0 Å². The molecule has 15 heteroatoms. The van der Waals surface area contributed by atoms with Gasteiger partial charge < -0.3 is 20.1 Å². The Morgan fingerprint density at radius 2 is 1.45 bits per heavy atom. The van der Waals surface area contributed by atoms with E-state index in [2.05, 4.69) is 0 Å². The van der Waals surface area contributed by atoms with E-state index in [0.717, 1.165) is 25.7 Å². The number of aromatic nitrogens is 1. The number of allylic oxidation sites excluding steroid dienone is 1. The van der Waals surface area contributed by atoms with Gasteiger partial charge in [0.2, 0.25) is 5.88 Å². The predicted octanol–water partition coefficient (Wildman–Crippen LogP) is 0.426. The number of carboxylic acids is 3. The number of thiocarbonyl (C=S) groups is 1. The SMILES string of the molecule is O=C(O)CN1C(=S)N(c2ccccc2)C(=O)/C1=c1/s/c(=C\C=C2\Oc3ccccc3N2CC(=O)O)c(=O)n1CC(=O)O. The van der Waals surface area contributed by atoms with Gasteiger partial charge in [-0.05, 0) is 42.6 Å². The summed E-state index contributed by atoms with van der Waals surface area (Å²) in [6.07, 6.45) is 2.68. The molecule has 3 heterocycles. The van der Waals surface area contributed by atoms with E-state index in [4.69, 9.17) is 17.0 Å². The van der Waals surface area contributed by atoms with Crippen molar-refractivity contribution in [1.82, 2.24) is 9.47 Å². The first-order chi connectivity index (χ1) is 20.1. The molecule has 1 fully saturated rings. The van der Waals surface area contributed by atoms with E-state index < -0.39 is 49.0 Å². The average molecular weight is 609 g/mol. The number of hydrogen-bond donors (Lipinski definition) is 3. The zero-order valence-electron chi connectivity index (χ0n) is 21.4. The van der Waals surface area contributed by atoms with Crippen LogP contribution in [0, 0.1) is 0 Å². The number of thiazole rings is 1. The lowest BCUT2D eigenvalue weighted by atomic mass is 10.3. The Hall–Kier alpha value is -5.28. The number of carbonyl (C=O) groups excluding carboxylic acids is 1. The standard InChI is InChI=1S/C27H20N4O9S2/c32-20(33)12-28-16-8-4-5-9-17(16)40-19(28)11-10-18-24(38)30(14-22(36)37)26(42-18)23-25(39)31(15-6-2-1-3-7-15)27(41)29(23)13-21(34)35/h1-11H,12-14H2,(H,32,33)(H,34,35)(H,36,37)/b18-10-,19-11+,26-23-. The second kappa shape index (κ2) is 11.3. The minimum atomic E-state index is -1.37. The van der Waals surface area contributed by atoms with Crippen LogP contribution in [-0.2, 0) is 25.7 Å². The maximum atomic E-state index is 13.7. The van der Waals surface area contributed by atoms with Gasteiger partial charge in [0.15, 0.2) is 10.9 Å². The number of fused-ring (bicyclic) bond motifs is 1. The Balaban J connectivity index is 1.70. The van der Waals surface area contributed by atoms with Crippen molar-refractivity contribution >= 4 is 75.6 Å². The smallest absolute Gasteiger partial charge is 0.323 e. The molecule has 2 aromatic carbocycles. The summed E-state index contributed by atoms with van der Waals surface area (Å²) < 4.78 is 6.50. The average Bonchev–Trinajstić information content (AvgIpc) is 3.51. The number of rotatable bonds is 8. The Kier molecular flexibility index (Phi) is 7.60.